The molecule has 1 aromatic carbocycles. The molecule has 13 heavy (non-hydrogen) atoms. The first-order chi connectivity index (χ1) is 6.42. The van der Waals surface area contributed by atoms with Gasteiger partial charge in [-0.05, 0) is 24.1 Å². The van der Waals surface area contributed by atoms with Gasteiger partial charge in [0, 0.05) is 18.3 Å². The number of benzene rings is 1. The first-order valence-corrected chi connectivity index (χ1v) is 5.29. The second kappa shape index (κ2) is 4.12. The van der Waals surface area contributed by atoms with E-state index in [0.717, 1.165) is 19.5 Å². The van der Waals surface area contributed by atoms with E-state index in [1.807, 2.05) is 0 Å². The van der Waals surface area contributed by atoms with Gasteiger partial charge < -0.3 is 5.32 Å². The maximum atomic E-state index is 5.94. The Hall–Kier alpha value is -0.530. The van der Waals surface area contributed by atoms with Gasteiger partial charge in [-0.1, -0.05) is 24.3 Å². The van der Waals surface area contributed by atoms with Crippen LogP contribution in [0.15, 0.2) is 24.3 Å². The summed E-state index contributed by atoms with van der Waals surface area (Å²) in [6, 6.07) is 8.62. The molecule has 2 heteroatoms. The summed E-state index contributed by atoms with van der Waals surface area (Å²) < 4.78 is 0. The van der Waals surface area contributed by atoms with Gasteiger partial charge in [-0.25, -0.2) is 0 Å². The third kappa shape index (κ3) is 1.87. The lowest BCUT2D eigenvalue weighted by molar-refractivity contribution is 0.647. The zero-order valence-corrected chi connectivity index (χ0v) is 8.35. The molecule has 0 saturated heterocycles. The molecule has 0 spiro atoms. The van der Waals surface area contributed by atoms with E-state index in [9.17, 15) is 0 Å². The van der Waals surface area contributed by atoms with E-state index in [2.05, 4.69) is 29.6 Å². The van der Waals surface area contributed by atoms with Crippen LogP contribution in [0.1, 0.15) is 17.0 Å². The molecule has 0 bridgehead atoms. The molecule has 1 unspecified atom stereocenters. The summed E-state index contributed by atoms with van der Waals surface area (Å²) in [6.45, 7) is 2.09. The molecule has 1 aromatic rings. The zero-order valence-electron chi connectivity index (χ0n) is 7.59. The van der Waals surface area contributed by atoms with Crippen molar-refractivity contribution in [2.75, 3.05) is 19.0 Å². The van der Waals surface area contributed by atoms with Gasteiger partial charge in [-0.2, -0.15) is 0 Å². The molecule has 1 aliphatic heterocycles. The van der Waals surface area contributed by atoms with Crippen LogP contribution in [0.3, 0.4) is 0 Å². The monoisotopic (exact) mass is 195 g/mol. The van der Waals surface area contributed by atoms with Crippen molar-refractivity contribution < 1.29 is 0 Å². The Morgan fingerprint density at radius 1 is 1.38 bits per heavy atom. The van der Waals surface area contributed by atoms with Gasteiger partial charge in [0.15, 0.2) is 0 Å². The van der Waals surface area contributed by atoms with E-state index in [-0.39, 0.29) is 0 Å². The van der Waals surface area contributed by atoms with Gasteiger partial charge in [0.25, 0.3) is 0 Å². The lowest BCUT2D eigenvalue weighted by Crippen LogP contribution is -2.20. The van der Waals surface area contributed by atoms with Crippen LogP contribution in [-0.2, 0) is 6.42 Å². The summed E-state index contributed by atoms with van der Waals surface area (Å²) >= 11 is 5.94. The van der Waals surface area contributed by atoms with E-state index in [0.29, 0.717) is 11.8 Å². The van der Waals surface area contributed by atoms with E-state index >= 15 is 0 Å². The Bertz CT molecular complexity index is 285. The molecule has 1 nitrogen and oxygen atoms in total. The Morgan fingerprint density at radius 2 is 2.23 bits per heavy atom. The van der Waals surface area contributed by atoms with Crippen LogP contribution in [0.2, 0.25) is 0 Å². The zero-order chi connectivity index (χ0) is 9.10. The van der Waals surface area contributed by atoms with Crippen LogP contribution in [0.5, 0.6) is 0 Å². The number of alkyl halides is 1. The van der Waals surface area contributed by atoms with Crippen molar-refractivity contribution in [1.82, 2.24) is 5.32 Å². The van der Waals surface area contributed by atoms with Crippen molar-refractivity contribution in [1.29, 1.82) is 0 Å². The van der Waals surface area contributed by atoms with Crippen molar-refractivity contribution in [2.24, 2.45) is 0 Å². The average molecular weight is 196 g/mol. The normalized spacial score (nSPS) is 22.1. The predicted molar refractivity (Wildman–Crippen MR) is 56.5 cm³/mol. The lowest BCUT2D eigenvalue weighted by Gasteiger charge is -2.13. The number of hydrogen-bond acceptors (Lipinski definition) is 1. The van der Waals surface area contributed by atoms with Gasteiger partial charge in [0.2, 0.25) is 0 Å². The second-order valence-electron chi connectivity index (χ2n) is 3.50. The summed E-state index contributed by atoms with van der Waals surface area (Å²) in [5.74, 6) is 1.20. The fourth-order valence-corrected chi connectivity index (χ4v) is 2.18. The maximum absolute atomic E-state index is 5.94. The third-order valence-corrected chi connectivity index (χ3v) is 3.02. The molecular formula is C11H14ClN. The molecule has 0 aliphatic carbocycles. The molecule has 0 radical (unpaired) electrons. The molecule has 1 atom stereocenters. The minimum atomic E-state index is 0.486. The first kappa shape index (κ1) is 9.04. The van der Waals surface area contributed by atoms with Crippen LogP contribution in [0.25, 0.3) is 0 Å². The summed E-state index contributed by atoms with van der Waals surface area (Å²) in [5.41, 5.74) is 2.89. The fourth-order valence-electron chi connectivity index (χ4n) is 1.91. The van der Waals surface area contributed by atoms with Crippen molar-refractivity contribution in [3.05, 3.63) is 35.4 Å². The highest BCUT2D eigenvalue weighted by atomic mass is 35.5. The number of rotatable bonds is 1. The largest absolute Gasteiger partial charge is 0.316 e. The second-order valence-corrected chi connectivity index (χ2v) is 3.81. The Balaban J connectivity index is 2.35. The minimum absolute atomic E-state index is 0.486. The lowest BCUT2D eigenvalue weighted by atomic mass is 9.95. The smallest absolute Gasteiger partial charge is 0.0304 e. The van der Waals surface area contributed by atoms with Crippen LogP contribution >= 0.6 is 11.6 Å². The van der Waals surface area contributed by atoms with Crippen molar-refractivity contribution in [3.63, 3.8) is 0 Å². The molecule has 1 aliphatic rings. The minimum Gasteiger partial charge on any atom is -0.316 e. The number of hydrogen-bond donors (Lipinski definition) is 1. The fraction of sp³-hybridized carbons (Fsp3) is 0.455. The van der Waals surface area contributed by atoms with Gasteiger partial charge in [-0.15, -0.1) is 11.6 Å². The summed E-state index contributed by atoms with van der Waals surface area (Å²) in [7, 11) is 0. The molecule has 70 valence electrons. The summed E-state index contributed by atoms with van der Waals surface area (Å²) in [4.78, 5) is 0. The third-order valence-electron chi connectivity index (χ3n) is 2.64. The molecule has 2 rings (SSSR count). The SMILES string of the molecule is ClCC1CNCCc2ccccc21. The maximum Gasteiger partial charge on any atom is 0.0304 e. The quantitative estimate of drug-likeness (QED) is 0.678. The van der Waals surface area contributed by atoms with Crippen LogP contribution < -0.4 is 5.32 Å². The van der Waals surface area contributed by atoms with Gasteiger partial charge in [0.1, 0.15) is 0 Å². The molecule has 0 aromatic heterocycles. The molecule has 0 fully saturated rings. The van der Waals surface area contributed by atoms with Crippen LogP contribution in [-0.4, -0.2) is 19.0 Å². The van der Waals surface area contributed by atoms with Gasteiger partial charge in [0.05, 0.1) is 0 Å². The summed E-state index contributed by atoms with van der Waals surface area (Å²) in [5, 5.41) is 3.41. The molecule has 0 amide bonds. The Morgan fingerprint density at radius 3 is 3.08 bits per heavy atom. The van der Waals surface area contributed by atoms with Crippen molar-refractivity contribution in [3.8, 4) is 0 Å². The van der Waals surface area contributed by atoms with E-state index in [4.69, 9.17) is 11.6 Å². The van der Waals surface area contributed by atoms with Crippen molar-refractivity contribution in [2.45, 2.75) is 12.3 Å². The van der Waals surface area contributed by atoms with Crippen LogP contribution in [0.4, 0.5) is 0 Å². The van der Waals surface area contributed by atoms with E-state index in [1.54, 1.807) is 0 Å². The Labute approximate surface area is 84.1 Å². The molecule has 0 saturated carbocycles. The van der Waals surface area contributed by atoms with E-state index in [1.165, 1.54) is 11.1 Å². The molecule has 1 N–H and O–H groups in total. The number of fused-ring (bicyclic) bond motifs is 1. The summed E-state index contributed by atoms with van der Waals surface area (Å²) in [6.07, 6.45) is 1.13. The van der Waals surface area contributed by atoms with Gasteiger partial charge >= 0.3 is 0 Å². The highest BCUT2D eigenvalue weighted by Crippen LogP contribution is 2.23. The Kier molecular flexibility index (Phi) is 2.87. The van der Waals surface area contributed by atoms with Crippen LogP contribution in [0, 0.1) is 0 Å². The molecular weight excluding hydrogens is 182 g/mol. The molecule has 1 heterocycles. The standard InChI is InChI=1S/C11H14ClN/c12-7-10-8-13-6-5-9-3-1-2-4-11(9)10/h1-4,10,13H,5-8H2. The van der Waals surface area contributed by atoms with Gasteiger partial charge in [-0.3, -0.25) is 0 Å². The van der Waals surface area contributed by atoms with Crippen molar-refractivity contribution >= 4 is 11.6 Å². The topological polar surface area (TPSA) is 12.0 Å². The average Bonchev–Trinajstić information content (AvgIpc) is 2.39. The number of halogens is 1. The predicted octanol–water partition coefficient (Wildman–Crippen LogP) is 2.15. The highest BCUT2D eigenvalue weighted by Gasteiger charge is 2.16. The highest BCUT2D eigenvalue weighted by molar-refractivity contribution is 6.18. The van der Waals surface area contributed by atoms with E-state index < -0.39 is 0 Å². The first-order valence-electron chi connectivity index (χ1n) is 4.76. The number of nitrogens with one attached hydrogen (secondary N) is 1.